The molecule has 0 bridgehead atoms. The Labute approximate surface area is 341 Å². The summed E-state index contributed by atoms with van der Waals surface area (Å²) in [6.07, 6.45) is 0. The molecule has 0 unspecified atom stereocenters. The summed E-state index contributed by atoms with van der Waals surface area (Å²) in [4.78, 5) is 2.36. The van der Waals surface area contributed by atoms with Gasteiger partial charge in [-0.2, -0.15) is 0 Å². The number of rotatable bonds is 6. The molecule has 0 saturated carbocycles. The van der Waals surface area contributed by atoms with Crippen LogP contribution in [0, 0.1) is 0 Å². The van der Waals surface area contributed by atoms with Gasteiger partial charge in [-0.1, -0.05) is 133 Å². The molecule has 3 nitrogen and oxygen atoms in total. The molecule has 0 atom stereocenters. The molecule has 0 aliphatic rings. The van der Waals surface area contributed by atoms with Gasteiger partial charge in [0.15, 0.2) is 0 Å². The molecule has 10 aromatic carbocycles. The summed E-state index contributed by atoms with van der Waals surface area (Å²) in [6.45, 7) is 0. The van der Waals surface area contributed by atoms with Gasteiger partial charge in [-0.3, -0.25) is 0 Å². The van der Waals surface area contributed by atoms with Crippen molar-refractivity contribution in [3.05, 3.63) is 218 Å². The molecule has 0 aliphatic heterocycles. The van der Waals surface area contributed by atoms with Crippen LogP contribution in [-0.2, 0) is 0 Å². The smallest absolute Gasteiger partial charge is 0.136 e. The molecule has 12 aromatic rings. The van der Waals surface area contributed by atoms with Crippen LogP contribution in [0.1, 0.15) is 0 Å². The van der Waals surface area contributed by atoms with Crippen molar-refractivity contribution in [2.24, 2.45) is 0 Å². The van der Waals surface area contributed by atoms with Crippen LogP contribution < -0.4 is 4.90 Å². The molecular weight excluding hydrogens is 717 g/mol. The maximum absolute atomic E-state index is 6.52. The second-order valence-electron chi connectivity index (χ2n) is 15.4. The van der Waals surface area contributed by atoms with E-state index < -0.39 is 0 Å². The number of nitrogens with zero attached hydrogens (tertiary/aromatic N) is 2. The fourth-order valence-electron chi connectivity index (χ4n) is 9.12. The van der Waals surface area contributed by atoms with Gasteiger partial charge in [0, 0.05) is 44.3 Å². The summed E-state index contributed by atoms with van der Waals surface area (Å²) in [6, 6.07) is 78.7. The highest BCUT2D eigenvalue weighted by Gasteiger charge is 2.18. The molecule has 0 N–H and O–H groups in total. The van der Waals surface area contributed by atoms with Crippen molar-refractivity contribution in [2.75, 3.05) is 4.90 Å². The molecule has 0 saturated heterocycles. The number of benzene rings is 10. The predicted molar refractivity (Wildman–Crippen MR) is 249 cm³/mol. The average Bonchev–Trinajstić information content (AvgIpc) is 3.85. The van der Waals surface area contributed by atoms with Gasteiger partial charge in [0.2, 0.25) is 0 Å². The maximum atomic E-state index is 6.52. The van der Waals surface area contributed by atoms with Gasteiger partial charge < -0.3 is 13.9 Å². The molecule has 276 valence electrons. The zero-order valence-electron chi connectivity index (χ0n) is 32.1. The average molecular weight is 753 g/mol. The summed E-state index contributed by atoms with van der Waals surface area (Å²) in [7, 11) is 0. The van der Waals surface area contributed by atoms with Gasteiger partial charge in [0.25, 0.3) is 0 Å². The monoisotopic (exact) mass is 752 g/mol. The van der Waals surface area contributed by atoms with E-state index >= 15 is 0 Å². The molecule has 0 radical (unpaired) electrons. The van der Waals surface area contributed by atoms with Crippen molar-refractivity contribution in [1.29, 1.82) is 0 Å². The first-order chi connectivity index (χ1) is 29.2. The van der Waals surface area contributed by atoms with E-state index in [1.807, 2.05) is 0 Å². The minimum atomic E-state index is 0.887. The maximum Gasteiger partial charge on any atom is 0.136 e. The summed E-state index contributed by atoms with van der Waals surface area (Å²) in [5, 5.41) is 9.49. The van der Waals surface area contributed by atoms with E-state index in [1.54, 1.807) is 0 Å². The lowest BCUT2D eigenvalue weighted by molar-refractivity contribution is 0.669. The van der Waals surface area contributed by atoms with Crippen molar-refractivity contribution in [2.45, 2.75) is 0 Å². The minimum Gasteiger partial charge on any atom is -0.456 e. The molecule has 0 aliphatic carbocycles. The first kappa shape index (κ1) is 33.3. The quantitative estimate of drug-likeness (QED) is 0.169. The lowest BCUT2D eigenvalue weighted by Crippen LogP contribution is -2.09. The third-order valence-corrected chi connectivity index (χ3v) is 11.9. The number of para-hydroxylation sites is 2. The third-order valence-electron chi connectivity index (χ3n) is 11.9. The van der Waals surface area contributed by atoms with Crippen molar-refractivity contribution < 1.29 is 4.42 Å². The van der Waals surface area contributed by atoms with E-state index in [-0.39, 0.29) is 0 Å². The lowest BCUT2D eigenvalue weighted by Gasteiger charge is -2.26. The highest BCUT2D eigenvalue weighted by atomic mass is 16.3. The van der Waals surface area contributed by atoms with Crippen molar-refractivity contribution >= 4 is 82.4 Å². The van der Waals surface area contributed by atoms with Gasteiger partial charge in [-0.25, -0.2) is 0 Å². The van der Waals surface area contributed by atoms with Crippen LogP contribution in [0.15, 0.2) is 223 Å². The SMILES string of the molecule is c1ccc(-c2ccc(N(c3ccc4ccccc4c3)c3ccc4c(ccc5oc6ccc(-c7ccc8c(c7)c7ccccc7n8-c7ccccc7)cc6c54)c3)cc2)cc1. The first-order valence-corrected chi connectivity index (χ1v) is 20.2. The van der Waals surface area contributed by atoms with Crippen LogP contribution in [0.2, 0.25) is 0 Å². The van der Waals surface area contributed by atoms with Crippen molar-refractivity contribution in [3.8, 4) is 27.9 Å². The summed E-state index contributed by atoms with van der Waals surface area (Å²) in [5.41, 5.74) is 13.4. The van der Waals surface area contributed by atoms with Crippen LogP contribution in [-0.4, -0.2) is 4.57 Å². The normalized spacial score (nSPS) is 11.7. The molecule has 2 aromatic heterocycles. The van der Waals surface area contributed by atoms with Gasteiger partial charge in [-0.15, -0.1) is 0 Å². The minimum absolute atomic E-state index is 0.887. The second-order valence-corrected chi connectivity index (χ2v) is 15.4. The molecule has 2 heterocycles. The molecule has 3 heteroatoms. The van der Waals surface area contributed by atoms with Crippen LogP contribution in [0.3, 0.4) is 0 Å². The topological polar surface area (TPSA) is 21.3 Å². The standard InChI is InChI=1S/C56H36N2O/c1-3-11-37(12-4-1)39-19-25-45(26-20-39)57(46-27-21-38-13-7-8-14-40(38)33-46)47-28-29-48-43(34-47)24-32-55-56(48)51-36-42(23-31-54(51)59-55)41-22-30-53-50(35-41)49-17-9-10-18-52(49)58(53)44-15-5-2-6-16-44/h1-36H. The first-order valence-electron chi connectivity index (χ1n) is 20.2. The third kappa shape index (κ3) is 5.51. The summed E-state index contributed by atoms with van der Waals surface area (Å²) < 4.78 is 8.89. The Bertz CT molecular complexity index is 3540. The van der Waals surface area contributed by atoms with E-state index in [4.69, 9.17) is 4.42 Å². The Morgan fingerprint density at radius 1 is 0.322 bits per heavy atom. The molecular formula is C56H36N2O. The molecule has 0 amide bonds. The van der Waals surface area contributed by atoms with Gasteiger partial charge in [0.05, 0.1) is 11.0 Å². The number of hydrogen-bond donors (Lipinski definition) is 0. The van der Waals surface area contributed by atoms with Gasteiger partial charge in [0.1, 0.15) is 11.2 Å². The van der Waals surface area contributed by atoms with Crippen LogP contribution in [0.5, 0.6) is 0 Å². The molecule has 0 spiro atoms. The zero-order valence-corrected chi connectivity index (χ0v) is 32.1. The predicted octanol–water partition coefficient (Wildman–Crippen LogP) is 15.8. The summed E-state index contributed by atoms with van der Waals surface area (Å²) >= 11 is 0. The fraction of sp³-hybridized carbons (Fsp3) is 0. The lowest BCUT2D eigenvalue weighted by atomic mass is 9.98. The number of hydrogen-bond acceptors (Lipinski definition) is 2. The summed E-state index contributed by atoms with van der Waals surface area (Å²) in [5.74, 6) is 0. The number of aromatic nitrogens is 1. The van der Waals surface area contributed by atoms with E-state index in [9.17, 15) is 0 Å². The van der Waals surface area contributed by atoms with E-state index in [1.165, 1.54) is 54.7 Å². The number of furan rings is 1. The van der Waals surface area contributed by atoms with E-state index in [0.717, 1.165) is 55.6 Å². The zero-order chi connectivity index (χ0) is 38.9. The molecule has 0 fully saturated rings. The van der Waals surface area contributed by atoms with Crippen molar-refractivity contribution in [1.82, 2.24) is 4.57 Å². The van der Waals surface area contributed by atoms with Crippen LogP contribution in [0.25, 0.3) is 93.2 Å². The van der Waals surface area contributed by atoms with Gasteiger partial charge >= 0.3 is 0 Å². The Hall–Kier alpha value is -7.88. The van der Waals surface area contributed by atoms with E-state index in [2.05, 4.69) is 228 Å². The highest BCUT2D eigenvalue weighted by molar-refractivity contribution is 6.20. The number of fused-ring (bicyclic) bond motifs is 9. The Morgan fingerprint density at radius 2 is 0.898 bits per heavy atom. The number of anilines is 3. The second kappa shape index (κ2) is 13.4. The highest BCUT2D eigenvalue weighted by Crippen LogP contribution is 2.42. The van der Waals surface area contributed by atoms with Crippen LogP contribution in [0.4, 0.5) is 17.1 Å². The van der Waals surface area contributed by atoms with Gasteiger partial charge in [-0.05, 0) is 129 Å². The Kier molecular flexibility index (Phi) is 7.54. The molecule has 12 rings (SSSR count). The van der Waals surface area contributed by atoms with Crippen molar-refractivity contribution in [3.63, 3.8) is 0 Å². The Balaban J connectivity index is 0.985. The Morgan fingerprint density at radius 3 is 1.73 bits per heavy atom. The molecule has 59 heavy (non-hydrogen) atoms. The van der Waals surface area contributed by atoms with E-state index in [0.29, 0.717) is 0 Å². The largest absolute Gasteiger partial charge is 0.456 e. The fourth-order valence-corrected chi connectivity index (χ4v) is 9.12. The van der Waals surface area contributed by atoms with Crippen LogP contribution >= 0.6 is 0 Å².